The molecule has 0 saturated carbocycles. The maximum atomic E-state index is 3.83. The minimum Gasteiger partial charge on any atom is -0.0842 e. The van der Waals surface area contributed by atoms with E-state index in [2.05, 4.69) is 25.2 Å². The van der Waals surface area contributed by atoms with Crippen molar-refractivity contribution in [3.8, 4) is 0 Å². The van der Waals surface area contributed by atoms with Crippen molar-refractivity contribution in [2.45, 2.75) is 38.5 Å². The molecule has 0 heteroatoms. The van der Waals surface area contributed by atoms with Gasteiger partial charge in [0.1, 0.15) is 0 Å². The molecule has 0 spiro atoms. The first-order chi connectivity index (χ1) is 5.43. The van der Waals surface area contributed by atoms with E-state index < -0.39 is 0 Å². The zero-order valence-electron chi connectivity index (χ0n) is 7.18. The molecule has 1 rings (SSSR count). The molecule has 0 aromatic rings. The molecule has 0 amide bonds. The number of hydrogen-bond acceptors (Lipinski definition) is 0. The van der Waals surface area contributed by atoms with Gasteiger partial charge in [0.2, 0.25) is 0 Å². The van der Waals surface area contributed by atoms with Crippen molar-refractivity contribution in [1.82, 2.24) is 0 Å². The summed E-state index contributed by atoms with van der Waals surface area (Å²) in [6.45, 7) is 3.83. The van der Waals surface area contributed by atoms with Gasteiger partial charge in [0.25, 0.3) is 0 Å². The predicted octanol–water partition coefficient (Wildman–Crippen LogP) is 3.66. The van der Waals surface area contributed by atoms with Crippen LogP contribution >= 0.6 is 0 Å². The van der Waals surface area contributed by atoms with Crippen LogP contribution in [0.4, 0.5) is 0 Å². The van der Waals surface area contributed by atoms with Gasteiger partial charge in [0, 0.05) is 0 Å². The second kappa shape index (κ2) is 5.17. The molecule has 11 heavy (non-hydrogen) atoms. The molecule has 0 aromatic carbocycles. The Balaban J connectivity index is 2.15. The fourth-order valence-electron chi connectivity index (χ4n) is 1.39. The average molecular weight is 149 g/mol. The highest BCUT2D eigenvalue weighted by molar-refractivity contribution is 5.17. The maximum Gasteiger partial charge on any atom is -0.0282 e. The van der Waals surface area contributed by atoms with Crippen molar-refractivity contribution < 1.29 is 0 Å². The van der Waals surface area contributed by atoms with Gasteiger partial charge in [-0.1, -0.05) is 43.6 Å². The average Bonchev–Trinajstić information content (AvgIpc) is 2.07. The molecule has 0 bridgehead atoms. The molecule has 0 saturated heterocycles. The van der Waals surface area contributed by atoms with E-state index in [1.165, 1.54) is 32.1 Å². The largest absolute Gasteiger partial charge is 0.0842 e. The molecule has 0 N–H and O–H groups in total. The van der Waals surface area contributed by atoms with Gasteiger partial charge in [0.15, 0.2) is 0 Å². The maximum absolute atomic E-state index is 3.83. The molecule has 0 atom stereocenters. The van der Waals surface area contributed by atoms with Crippen molar-refractivity contribution in [2.24, 2.45) is 0 Å². The van der Waals surface area contributed by atoms with Gasteiger partial charge >= 0.3 is 0 Å². The molecule has 1 radical (unpaired) electrons. The van der Waals surface area contributed by atoms with E-state index in [9.17, 15) is 0 Å². The molecule has 61 valence electrons. The monoisotopic (exact) mass is 149 g/mol. The fourth-order valence-corrected chi connectivity index (χ4v) is 1.39. The molecule has 0 aromatic heterocycles. The van der Waals surface area contributed by atoms with Gasteiger partial charge in [-0.2, -0.15) is 0 Å². The highest BCUT2D eigenvalue weighted by Crippen LogP contribution is 2.17. The van der Waals surface area contributed by atoms with Gasteiger partial charge in [0.05, 0.1) is 0 Å². The van der Waals surface area contributed by atoms with Crippen molar-refractivity contribution in [3.05, 3.63) is 30.7 Å². The van der Waals surface area contributed by atoms with Crippen LogP contribution in [-0.4, -0.2) is 0 Å². The van der Waals surface area contributed by atoms with Crippen LogP contribution in [0.2, 0.25) is 0 Å². The number of unbranched alkanes of at least 4 members (excludes halogenated alkanes) is 2. The predicted molar refractivity (Wildman–Crippen MR) is 50.3 cm³/mol. The van der Waals surface area contributed by atoms with Crippen LogP contribution in [0.1, 0.15) is 38.5 Å². The Morgan fingerprint density at radius 1 is 1.36 bits per heavy atom. The van der Waals surface area contributed by atoms with E-state index in [1.807, 2.05) is 0 Å². The van der Waals surface area contributed by atoms with E-state index in [0.29, 0.717) is 0 Å². The number of rotatable bonds is 4. The minimum absolute atomic E-state index is 1.09. The first-order valence-electron chi connectivity index (χ1n) is 4.57. The Kier molecular flexibility index (Phi) is 4.03. The summed E-state index contributed by atoms with van der Waals surface area (Å²) in [5.74, 6) is 0. The number of allylic oxidation sites excluding steroid dienone is 4. The molecule has 0 fully saturated rings. The quantitative estimate of drug-likeness (QED) is 0.535. The van der Waals surface area contributed by atoms with Crippen LogP contribution < -0.4 is 0 Å². The lowest BCUT2D eigenvalue weighted by Gasteiger charge is -2.07. The summed E-state index contributed by atoms with van der Waals surface area (Å²) >= 11 is 0. The minimum atomic E-state index is 1.09. The Hall–Kier alpha value is -0.520. The SMILES string of the molecule is [CH2]CCCCC1=CC=CCC1. The first-order valence-corrected chi connectivity index (χ1v) is 4.57. The lowest BCUT2D eigenvalue weighted by Crippen LogP contribution is -1.87. The summed E-state index contributed by atoms with van der Waals surface area (Å²) in [6.07, 6.45) is 14.2. The van der Waals surface area contributed by atoms with Crippen molar-refractivity contribution in [3.63, 3.8) is 0 Å². The Morgan fingerprint density at radius 3 is 2.91 bits per heavy atom. The molecule has 0 heterocycles. The standard InChI is InChI=1S/C11H17/c1-2-3-5-8-11-9-6-4-7-10-11/h4,6,9H,1-3,5,7-8,10H2. The highest BCUT2D eigenvalue weighted by Gasteiger charge is 1.98. The van der Waals surface area contributed by atoms with Crippen LogP contribution in [0.3, 0.4) is 0 Å². The van der Waals surface area contributed by atoms with Gasteiger partial charge in [-0.15, -0.1) is 0 Å². The second-order valence-corrected chi connectivity index (χ2v) is 3.10. The normalized spacial score (nSPS) is 16.6. The lowest BCUT2D eigenvalue weighted by atomic mass is 9.99. The molecule has 1 aliphatic carbocycles. The van der Waals surface area contributed by atoms with Gasteiger partial charge < -0.3 is 0 Å². The van der Waals surface area contributed by atoms with Crippen molar-refractivity contribution in [2.75, 3.05) is 0 Å². The molecule has 0 unspecified atom stereocenters. The van der Waals surface area contributed by atoms with E-state index in [0.717, 1.165) is 6.42 Å². The molecular weight excluding hydrogens is 132 g/mol. The van der Waals surface area contributed by atoms with E-state index in [-0.39, 0.29) is 0 Å². The van der Waals surface area contributed by atoms with Crippen LogP contribution in [0, 0.1) is 6.92 Å². The molecule has 0 aliphatic heterocycles. The van der Waals surface area contributed by atoms with Crippen LogP contribution in [-0.2, 0) is 0 Å². The molecule has 1 aliphatic rings. The van der Waals surface area contributed by atoms with Gasteiger partial charge in [-0.3, -0.25) is 0 Å². The summed E-state index contributed by atoms with van der Waals surface area (Å²) < 4.78 is 0. The topological polar surface area (TPSA) is 0 Å². The molecular formula is C11H17. The second-order valence-electron chi connectivity index (χ2n) is 3.10. The number of hydrogen-bond donors (Lipinski definition) is 0. The van der Waals surface area contributed by atoms with E-state index in [4.69, 9.17) is 0 Å². The van der Waals surface area contributed by atoms with Crippen molar-refractivity contribution in [1.29, 1.82) is 0 Å². The lowest BCUT2D eigenvalue weighted by molar-refractivity contribution is 0.716. The third kappa shape index (κ3) is 3.41. The van der Waals surface area contributed by atoms with E-state index >= 15 is 0 Å². The first kappa shape index (κ1) is 8.58. The summed E-state index contributed by atoms with van der Waals surface area (Å²) in [5, 5.41) is 0. The smallest absolute Gasteiger partial charge is 0.0282 e. The summed E-state index contributed by atoms with van der Waals surface area (Å²) in [4.78, 5) is 0. The zero-order valence-corrected chi connectivity index (χ0v) is 7.18. The van der Waals surface area contributed by atoms with Gasteiger partial charge in [-0.05, 0) is 25.7 Å². The van der Waals surface area contributed by atoms with Crippen LogP contribution in [0.25, 0.3) is 0 Å². The van der Waals surface area contributed by atoms with Crippen LogP contribution in [0.5, 0.6) is 0 Å². The van der Waals surface area contributed by atoms with E-state index in [1.54, 1.807) is 5.57 Å². The third-order valence-electron chi connectivity index (χ3n) is 2.10. The summed E-state index contributed by atoms with van der Waals surface area (Å²) in [6, 6.07) is 0. The van der Waals surface area contributed by atoms with Crippen LogP contribution in [0.15, 0.2) is 23.8 Å². The highest BCUT2D eigenvalue weighted by atomic mass is 14.0. The summed E-state index contributed by atoms with van der Waals surface area (Å²) in [7, 11) is 0. The molecule has 0 nitrogen and oxygen atoms in total. The summed E-state index contributed by atoms with van der Waals surface area (Å²) in [5.41, 5.74) is 1.63. The Morgan fingerprint density at radius 2 is 2.27 bits per heavy atom. The third-order valence-corrected chi connectivity index (χ3v) is 2.10. The zero-order chi connectivity index (χ0) is 7.94. The Labute approximate surface area is 70.0 Å². The van der Waals surface area contributed by atoms with Crippen molar-refractivity contribution >= 4 is 0 Å². The Bertz CT molecular complexity index is 151. The fraction of sp³-hybridized carbons (Fsp3) is 0.545. The van der Waals surface area contributed by atoms with Gasteiger partial charge in [-0.25, -0.2) is 0 Å².